The lowest BCUT2D eigenvalue weighted by Crippen LogP contribution is -2.28. The van der Waals surface area contributed by atoms with Crippen molar-refractivity contribution in [2.75, 3.05) is 25.5 Å². The molecule has 0 atom stereocenters. The topological polar surface area (TPSA) is 88.6 Å². The lowest BCUT2D eigenvalue weighted by Gasteiger charge is -2.18. The minimum atomic E-state index is -3.73. The molecule has 1 amide bonds. The summed E-state index contributed by atoms with van der Waals surface area (Å²) in [6, 6.07) is 14.2. The second-order valence-corrected chi connectivity index (χ2v) is 10.3. The number of aryl methyl sites for hydroxylation is 1. The monoisotopic (exact) mass is 457 g/mol. The number of hydrogen-bond donors (Lipinski definition) is 1. The van der Waals surface area contributed by atoms with Crippen LogP contribution in [0.2, 0.25) is 0 Å². The van der Waals surface area contributed by atoms with Crippen LogP contribution in [0.1, 0.15) is 28.1 Å². The highest BCUT2D eigenvalue weighted by atomic mass is 32.2. The third-order valence-corrected chi connectivity index (χ3v) is 7.98. The molecule has 1 aromatic heterocycles. The van der Waals surface area contributed by atoms with Crippen LogP contribution in [-0.4, -0.2) is 43.8 Å². The number of amides is 1. The van der Waals surface area contributed by atoms with Crippen LogP contribution in [0.5, 0.6) is 5.75 Å². The maximum atomic E-state index is 13.1. The van der Waals surface area contributed by atoms with Crippen molar-refractivity contribution < 1.29 is 17.9 Å². The number of benzene rings is 2. The fraction of sp³-hybridized carbons (Fsp3) is 0.273. The number of thiazole rings is 1. The van der Waals surface area contributed by atoms with Crippen molar-refractivity contribution in [1.82, 2.24) is 9.29 Å². The standard InChI is InChI=1S/C22H23N3O4S2/c1-15-20(16-8-4-3-5-9-16)23-22(30-15)24-21(26)17-10-11-18(29-2)19(14-17)31(27,28)25-12-6-7-13-25/h3-5,8-11,14H,6-7,12-13H2,1-2H3,(H,23,24,26). The second kappa shape index (κ2) is 8.78. The molecule has 1 N–H and O–H groups in total. The number of carbonyl (C=O) groups excluding carboxylic acids is 1. The van der Waals surface area contributed by atoms with Crippen LogP contribution in [0.25, 0.3) is 11.3 Å². The Balaban J connectivity index is 1.61. The normalized spacial score (nSPS) is 14.5. The number of nitrogens with zero attached hydrogens (tertiary/aromatic N) is 2. The van der Waals surface area contributed by atoms with Gasteiger partial charge in [0, 0.05) is 29.1 Å². The van der Waals surface area contributed by atoms with Gasteiger partial charge in [-0.15, -0.1) is 11.3 Å². The van der Waals surface area contributed by atoms with Gasteiger partial charge in [-0.25, -0.2) is 13.4 Å². The van der Waals surface area contributed by atoms with Gasteiger partial charge in [-0.2, -0.15) is 4.31 Å². The maximum Gasteiger partial charge on any atom is 0.257 e. The average Bonchev–Trinajstić information content (AvgIpc) is 3.44. The van der Waals surface area contributed by atoms with Crippen LogP contribution >= 0.6 is 11.3 Å². The Morgan fingerprint density at radius 2 is 1.84 bits per heavy atom. The molecule has 1 aliphatic rings. The molecule has 4 rings (SSSR count). The summed E-state index contributed by atoms with van der Waals surface area (Å²) in [5.41, 5.74) is 2.01. The van der Waals surface area contributed by atoms with Crippen molar-refractivity contribution in [3.63, 3.8) is 0 Å². The minimum absolute atomic E-state index is 0.00449. The summed E-state index contributed by atoms with van der Waals surface area (Å²) in [7, 11) is -2.32. The van der Waals surface area contributed by atoms with Crippen LogP contribution in [-0.2, 0) is 10.0 Å². The summed E-state index contributed by atoms with van der Waals surface area (Å²) < 4.78 is 32.8. The maximum absolute atomic E-state index is 13.1. The lowest BCUT2D eigenvalue weighted by molar-refractivity contribution is 0.102. The first kappa shape index (κ1) is 21.5. The Morgan fingerprint density at radius 1 is 1.13 bits per heavy atom. The highest BCUT2D eigenvalue weighted by Crippen LogP contribution is 2.32. The predicted molar refractivity (Wildman–Crippen MR) is 121 cm³/mol. The molecular weight excluding hydrogens is 434 g/mol. The molecule has 7 nitrogen and oxygen atoms in total. The van der Waals surface area contributed by atoms with Crippen LogP contribution in [0, 0.1) is 6.92 Å². The molecule has 0 bridgehead atoms. The molecule has 1 aliphatic heterocycles. The van der Waals surface area contributed by atoms with Crippen LogP contribution in [0.3, 0.4) is 0 Å². The number of ether oxygens (including phenoxy) is 1. The van der Waals surface area contributed by atoms with Gasteiger partial charge in [0.1, 0.15) is 10.6 Å². The van der Waals surface area contributed by atoms with Gasteiger partial charge >= 0.3 is 0 Å². The molecule has 0 unspecified atom stereocenters. The quantitative estimate of drug-likeness (QED) is 0.600. The molecule has 2 heterocycles. The third-order valence-electron chi connectivity index (χ3n) is 5.17. The van der Waals surface area contributed by atoms with E-state index < -0.39 is 15.9 Å². The van der Waals surface area contributed by atoms with Gasteiger partial charge in [-0.1, -0.05) is 30.3 Å². The van der Waals surface area contributed by atoms with Gasteiger partial charge in [-0.3, -0.25) is 10.1 Å². The predicted octanol–water partition coefficient (Wildman–Crippen LogP) is 4.16. The molecule has 9 heteroatoms. The van der Waals surface area contributed by atoms with Gasteiger partial charge < -0.3 is 4.74 Å². The van der Waals surface area contributed by atoms with E-state index in [-0.39, 0.29) is 16.2 Å². The fourth-order valence-electron chi connectivity index (χ4n) is 3.57. The summed E-state index contributed by atoms with van der Waals surface area (Å²) in [6.45, 7) is 2.90. The van der Waals surface area contributed by atoms with E-state index >= 15 is 0 Å². The Bertz CT molecular complexity index is 1200. The number of methoxy groups -OCH3 is 1. The number of sulfonamides is 1. The van der Waals surface area contributed by atoms with Crippen LogP contribution in [0.4, 0.5) is 5.13 Å². The van der Waals surface area contributed by atoms with Crippen molar-refractivity contribution in [3.8, 4) is 17.0 Å². The Morgan fingerprint density at radius 3 is 2.52 bits per heavy atom. The zero-order valence-electron chi connectivity index (χ0n) is 17.3. The van der Waals surface area contributed by atoms with E-state index in [1.807, 2.05) is 37.3 Å². The summed E-state index contributed by atoms with van der Waals surface area (Å²) in [6.07, 6.45) is 1.66. The van der Waals surface area contributed by atoms with Crippen molar-refractivity contribution in [2.45, 2.75) is 24.7 Å². The molecule has 3 aromatic rings. The number of carbonyl (C=O) groups is 1. The van der Waals surface area contributed by atoms with Gasteiger partial charge in [0.15, 0.2) is 5.13 Å². The first-order valence-corrected chi connectivity index (χ1v) is 12.2. The molecule has 0 saturated carbocycles. The minimum Gasteiger partial charge on any atom is -0.495 e. The molecular formula is C22H23N3O4S2. The van der Waals surface area contributed by atoms with Crippen molar-refractivity contribution in [3.05, 3.63) is 59.0 Å². The molecule has 0 aliphatic carbocycles. The zero-order valence-corrected chi connectivity index (χ0v) is 18.9. The second-order valence-electron chi connectivity index (χ2n) is 7.22. The van der Waals surface area contributed by atoms with E-state index in [1.54, 1.807) is 6.07 Å². The van der Waals surface area contributed by atoms with Gasteiger partial charge in [0.2, 0.25) is 10.0 Å². The number of nitrogens with one attached hydrogen (secondary N) is 1. The number of aromatic nitrogens is 1. The molecule has 1 fully saturated rings. The highest BCUT2D eigenvalue weighted by Gasteiger charge is 2.30. The Labute approximate surface area is 185 Å². The average molecular weight is 458 g/mol. The largest absolute Gasteiger partial charge is 0.495 e. The fourth-order valence-corrected chi connectivity index (χ4v) is 6.10. The van der Waals surface area contributed by atoms with E-state index in [2.05, 4.69) is 10.3 Å². The molecule has 0 radical (unpaired) electrons. The lowest BCUT2D eigenvalue weighted by atomic mass is 10.1. The molecule has 1 saturated heterocycles. The zero-order chi connectivity index (χ0) is 22.0. The Kier molecular flexibility index (Phi) is 6.08. The summed E-state index contributed by atoms with van der Waals surface area (Å²) in [5, 5.41) is 3.25. The van der Waals surface area contributed by atoms with Crippen molar-refractivity contribution in [1.29, 1.82) is 0 Å². The molecule has 2 aromatic carbocycles. The smallest absolute Gasteiger partial charge is 0.257 e. The number of anilines is 1. The first-order valence-electron chi connectivity index (χ1n) is 9.92. The van der Waals surface area contributed by atoms with Gasteiger partial charge in [-0.05, 0) is 38.0 Å². The third kappa shape index (κ3) is 4.34. The van der Waals surface area contributed by atoms with Gasteiger partial charge in [0.25, 0.3) is 5.91 Å². The van der Waals surface area contributed by atoms with E-state index in [9.17, 15) is 13.2 Å². The highest BCUT2D eigenvalue weighted by molar-refractivity contribution is 7.89. The van der Waals surface area contributed by atoms with E-state index in [0.29, 0.717) is 18.2 Å². The van der Waals surface area contributed by atoms with E-state index in [1.165, 1.54) is 34.9 Å². The van der Waals surface area contributed by atoms with E-state index in [4.69, 9.17) is 4.74 Å². The summed E-state index contributed by atoms with van der Waals surface area (Å²) in [4.78, 5) is 18.4. The van der Waals surface area contributed by atoms with E-state index in [0.717, 1.165) is 29.0 Å². The first-order chi connectivity index (χ1) is 14.9. The summed E-state index contributed by atoms with van der Waals surface area (Å²) >= 11 is 1.38. The van der Waals surface area contributed by atoms with Gasteiger partial charge in [0.05, 0.1) is 12.8 Å². The molecule has 31 heavy (non-hydrogen) atoms. The SMILES string of the molecule is COc1ccc(C(=O)Nc2nc(-c3ccccc3)c(C)s2)cc1S(=O)(=O)N1CCCC1. The number of hydrogen-bond acceptors (Lipinski definition) is 6. The molecule has 162 valence electrons. The van der Waals surface area contributed by atoms with Crippen LogP contribution < -0.4 is 10.1 Å². The Hall–Kier alpha value is -2.75. The van der Waals surface area contributed by atoms with Crippen LogP contribution in [0.15, 0.2) is 53.4 Å². The number of rotatable bonds is 6. The molecule has 0 spiro atoms. The summed E-state index contributed by atoms with van der Waals surface area (Å²) in [5.74, 6) is -0.200. The van der Waals surface area contributed by atoms with Crippen molar-refractivity contribution in [2.24, 2.45) is 0 Å². The van der Waals surface area contributed by atoms with Crippen molar-refractivity contribution >= 4 is 32.4 Å².